The number of carboxylic acid groups (broad SMARTS) is 1. The van der Waals surface area contributed by atoms with Crippen LogP contribution in [0.25, 0.3) is 0 Å². The number of ether oxygens (including phenoxy) is 1. The minimum atomic E-state index is -2.83. The molecule has 0 aliphatic heterocycles. The van der Waals surface area contributed by atoms with Gasteiger partial charge in [-0.2, -0.15) is 0 Å². The number of carbonyl (C=O) groups is 1. The Kier molecular flexibility index (Phi) is 4.62. The van der Waals surface area contributed by atoms with E-state index in [0.29, 0.717) is 0 Å². The summed E-state index contributed by atoms with van der Waals surface area (Å²) in [6.07, 6.45) is -3.23. The normalized spacial score (nSPS) is 10.6. The van der Waals surface area contributed by atoms with Crippen molar-refractivity contribution in [2.24, 2.45) is 0 Å². The van der Waals surface area contributed by atoms with Crippen LogP contribution >= 0.6 is 11.6 Å². The van der Waals surface area contributed by atoms with Crippen molar-refractivity contribution in [1.82, 2.24) is 4.98 Å². The summed E-state index contributed by atoms with van der Waals surface area (Å²) in [5.41, 5.74) is -0.296. The molecule has 7 heteroatoms. The molecule has 0 aliphatic carbocycles. The van der Waals surface area contributed by atoms with Crippen molar-refractivity contribution in [2.45, 2.75) is 18.7 Å². The van der Waals surface area contributed by atoms with E-state index in [9.17, 15) is 13.6 Å². The molecular formula is C10H10ClF2NO3. The van der Waals surface area contributed by atoms with Crippen LogP contribution in [0.15, 0.2) is 6.07 Å². The fourth-order valence-corrected chi connectivity index (χ4v) is 1.69. The number of pyridine rings is 1. The molecule has 1 N–H and O–H groups in total. The van der Waals surface area contributed by atoms with E-state index in [2.05, 4.69) is 4.98 Å². The number of halogens is 3. The van der Waals surface area contributed by atoms with Gasteiger partial charge in [-0.3, -0.25) is 4.79 Å². The highest BCUT2D eigenvalue weighted by atomic mass is 35.5. The summed E-state index contributed by atoms with van der Waals surface area (Å²) in [7, 11) is 1.27. The molecule has 1 rings (SSSR count). The molecule has 0 atom stereocenters. The summed E-state index contributed by atoms with van der Waals surface area (Å²) in [6, 6.07) is 1.30. The second-order valence-corrected chi connectivity index (χ2v) is 3.46. The number of methoxy groups -OCH3 is 1. The first-order chi connectivity index (χ1) is 7.99. The Morgan fingerprint density at radius 3 is 2.71 bits per heavy atom. The molecule has 0 unspecified atom stereocenters. The molecule has 0 aromatic carbocycles. The van der Waals surface area contributed by atoms with Crippen LogP contribution in [-0.2, 0) is 17.1 Å². The Morgan fingerprint density at radius 1 is 1.65 bits per heavy atom. The zero-order valence-corrected chi connectivity index (χ0v) is 9.67. The Balaban J connectivity index is 3.33. The SMILES string of the molecule is COc1cc(CC(=O)O)c(CCl)c(C(F)F)n1. The first-order valence-corrected chi connectivity index (χ1v) is 5.15. The van der Waals surface area contributed by atoms with E-state index >= 15 is 0 Å². The molecule has 0 fully saturated rings. The minimum Gasteiger partial charge on any atom is -0.481 e. The van der Waals surface area contributed by atoms with Gasteiger partial charge in [0.2, 0.25) is 5.88 Å². The third-order valence-electron chi connectivity index (χ3n) is 2.12. The third-order valence-corrected chi connectivity index (χ3v) is 2.38. The van der Waals surface area contributed by atoms with Crippen molar-refractivity contribution < 1.29 is 23.4 Å². The molecule has 17 heavy (non-hydrogen) atoms. The summed E-state index contributed by atoms with van der Waals surface area (Å²) in [6.45, 7) is 0. The minimum absolute atomic E-state index is 0.0462. The zero-order chi connectivity index (χ0) is 13.0. The van der Waals surface area contributed by atoms with Gasteiger partial charge in [0.15, 0.2) is 0 Å². The fraction of sp³-hybridized carbons (Fsp3) is 0.400. The van der Waals surface area contributed by atoms with Gasteiger partial charge in [0.25, 0.3) is 6.43 Å². The predicted octanol–water partition coefficient (Wildman–Crippen LogP) is 2.39. The molecule has 1 aromatic heterocycles. The molecule has 0 aliphatic rings. The second kappa shape index (κ2) is 5.77. The topological polar surface area (TPSA) is 59.4 Å². The lowest BCUT2D eigenvalue weighted by molar-refractivity contribution is -0.136. The molecule has 0 saturated heterocycles. The molecular weight excluding hydrogens is 256 g/mol. The molecule has 94 valence electrons. The lowest BCUT2D eigenvalue weighted by Gasteiger charge is -2.12. The Bertz CT molecular complexity index is 426. The summed E-state index contributed by atoms with van der Waals surface area (Å²) in [5.74, 6) is -1.41. The van der Waals surface area contributed by atoms with Crippen LogP contribution in [0.3, 0.4) is 0 Å². The largest absolute Gasteiger partial charge is 0.481 e. The van der Waals surface area contributed by atoms with E-state index in [1.807, 2.05) is 0 Å². The average molecular weight is 266 g/mol. The van der Waals surface area contributed by atoms with Crippen molar-refractivity contribution >= 4 is 17.6 Å². The number of rotatable bonds is 5. The van der Waals surface area contributed by atoms with Crippen LogP contribution in [0.1, 0.15) is 23.2 Å². The van der Waals surface area contributed by atoms with E-state index in [1.54, 1.807) is 0 Å². The highest BCUT2D eigenvalue weighted by Crippen LogP contribution is 2.28. The van der Waals surface area contributed by atoms with Gasteiger partial charge in [0.05, 0.1) is 13.5 Å². The van der Waals surface area contributed by atoms with Crippen molar-refractivity contribution in [3.8, 4) is 5.88 Å². The van der Waals surface area contributed by atoms with Gasteiger partial charge in [0, 0.05) is 11.9 Å². The van der Waals surface area contributed by atoms with Crippen molar-refractivity contribution in [3.63, 3.8) is 0 Å². The third kappa shape index (κ3) is 3.26. The predicted molar refractivity (Wildman–Crippen MR) is 56.6 cm³/mol. The van der Waals surface area contributed by atoms with Crippen LogP contribution in [0.2, 0.25) is 0 Å². The number of aromatic nitrogens is 1. The number of nitrogens with zero attached hydrogens (tertiary/aromatic N) is 1. The molecule has 0 bridgehead atoms. The summed E-state index contributed by atoms with van der Waals surface area (Å²) >= 11 is 5.55. The van der Waals surface area contributed by atoms with E-state index in [1.165, 1.54) is 13.2 Å². The molecule has 0 spiro atoms. The van der Waals surface area contributed by atoms with Crippen LogP contribution in [0.4, 0.5) is 8.78 Å². The maximum absolute atomic E-state index is 12.7. The lowest BCUT2D eigenvalue weighted by Crippen LogP contribution is -2.08. The number of hydrogen-bond acceptors (Lipinski definition) is 3. The zero-order valence-electron chi connectivity index (χ0n) is 8.91. The number of carboxylic acids is 1. The average Bonchev–Trinajstić information content (AvgIpc) is 2.26. The van der Waals surface area contributed by atoms with Gasteiger partial charge in [0.1, 0.15) is 5.69 Å². The van der Waals surface area contributed by atoms with E-state index in [0.717, 1.165) is 0 Å². The van der Waals surface area contributed by atoms with Gasteiger partial charge < -0.3 is 9.84 Å². The van der Waals surface area contributed by atoms with Gasteiger partial charge >= 0.3 is 5.97 Å². The van der Waals surface area contributed by atoms with Gasteiger partial charge in [-0.05, 0) is 11.1 Å². The van der Waals surface area contributed by atoms with E-state index in [-0.39, 0.29) is 22.9 Å². The highest BCUT2D eigenvalue weighted by molar-refractivity contribution is 6.17. The van der Waals surface area contributed by atoms with Crippen LogP contribution < -0.4 is 4.74 Å². The summed E-state index contributed by atoms with van der Waals surface area (Å²) in [5, 5.41) is 8.69. The molecule has 0 saturated carbocycles. The van der Waals surface area contributed by atoms with Gasteiger partial charge in [-0.25, -0.2) is 13.8 Å². The lowest BCUT2D eigenvalue weighted by atomic mass is 10.0. The summed E-state index contributed by atoms with van der Waals surface area (Å²) in [4.78, 5) is 14.2. The number of hydrogen-bond donors (Lipinski definition) is 1. The van der Waals surface area contributed by atoms with Crippen LogP contribution in [0, 0.1) is 0 Å². The smallest absolute Gasteiger partial charge is 0.307 e. The van der Waals surface area contributed by atoms with E-state index in [4.69, 9.17) is 21.4 Å². The maximum Gasteiger partial charge on any atom is 0.307 e. The van der Waals surface area contributed by atoms with Crippen LogP contribution in [0.5, 0.6) is 5.88 Å². The first kappa shape index (κ1) is 13.6. The Morgan fingerprint density at radius 2 is 2.29 bits per heavy atom. The second-order valence-electron chi connectivity index (χ2n) is 3.19. The number of aliphatic carboxylic acids is 1. The van der Waals surface area contributed by atoms with Crippen molar-refractivity contribution in [3.05, 3.63) is 22.9 Å². The quantitative estimate of drug-likeness (QED) is 0.831. The molecule has 0 amide bonds. The fourth-order valence-electron chi connectivity index (χ4n) is 1.38. The highest BCUT2D eigenvalue weighted by Gasteiger charge is 2.20. The van der Waals surface area contributed by atoms with Crippen molar-refractivity contribution in [2.75, 3.05) is 7.11 Å². The molecule has 0 radical (unpaired) electrons. The van der Waals surface area contributed by atoms with Gasteiger partial charge in [-0.1, -0.05) is 0 Å². The van der Waals surface area contributed by atoms with E-state index < -0.39 is 24.5 Å². The Labute approximate surface area is 101 Å². The maximum atomic E-state index is 12.7. The molecule has 1 heterocycles. The van der Waals surface area contributed by atoms with Crippen LogP contribution in [-0.4, -0.2) is 23.2 Å². The van der Waals surface area contributed by atoms with Gasteiger partial charge in [-0.15, -0.1) is 11.6 Å². The number of alkyl halides is 3. The Hall–Kier alpha value is -1.43. The summed E-state index contributed by atoms with van der Waals surface area (Å²) < 4.78 is 30.2. The molecule has 4 nitrogen and oxygen atoms in total. The van der Waals surface area contributed by atoms with Crippen molar-refractivity contribution in [1.29, 1.82) is 0 Å². The molecule has 1 aromatic rings. The monoisotopic (exact) mass is 265 g/mol. The standard InChI is InChI=1S/C10H10ClF2NO3/c1-17-7-2-5(3-8(15)16)6(4-11)9(14-7)10(12)13/h2,10H,3-4H2,1H3,(H,15,16). The first-order valence-electron chi connectivity index (χ1n) is 4.62.